The lowest BCUT2D eigenvalue weighted by Gasteiger charge is -2.09. The van der Waals surface area contributed by atoms with Crippen molar-refractivity contribution in [3.63, 3.8) is 0 Å². The van der Waals surface area contributed by atoms with Crippen molar-refractivity contribution in [1.82, 2.24) is 10.9 Å². The van der Waals surface area contributed by atoms with E-state index in [0.717, 1.165) is 21.6 Å². The smallest absolute Gasteiger partial charge is 0.279 e. The maximum atomic E-state index is 11.9. The van der Waals surface area contributed by atoms with E-state index >= 15 is 0 Å². The standard InChI is InChI=1S/C17H20N2O3S/c1-10-5-11(2)7-14(6-10)22-9-16(20)18-19-17(21)15-8-12(3)13(4)23-15/h5-8H,9H2,1-4H3,(H,18,20)(H,19,21). The van der Waals surface area contributed by atoms with Crippen LogP contribution in [-0.2, 0) is 4.79 Å². The van der Waals surface area contributed by atoms with Gasteiger partial charge in [0.15, 0.2) is 6.61 Å². The molecule has 122 valence electrons. The zero-order chi connectivity index (χ0) is 17.0. The minimum atomic E-state index is -0.414. The van der Waals surface area contributed by atoms with Crippen LogP contribution in [0.5, 0.6) is 5.75 Å². The van der Waals surface area contributed by atoms with Crippen LogP contribution in [0.15, 0.2) is 24.3 Å². The Labute approximate surface area is 139 Å². The number of benzene rings is 1. The van der Waals surface area contributed by atoms with E-state index in [1.807, 2.05) is 45.9 Å². The van der Waals surface area contributed by atoms with Crippen molar-refractivity contribution in [2.45, 2.75) is 27.7 Å². The number of thiophene rings is 1. The van der Waals surface area contributed by atoms with Gasteiger partial charge in [-0.15, -0.1) is 11.3 Å². The van der Waals surface area contributed by atoms with Crippen molar-refractivity contribution < 1.29 is 14.3 Å². The van der Waals surface area contributed by atoms with Crippen LogP contribution in [0.2, 0.25) is 0 Å². The van der Waals surface area contributed by atoms with Crippen molar-refractivity contribution in [2.24, 2.45) is 0 Å². The number of aryl methyl sites for hydroxylation is 4. The summed E-state index contributed by atoms with van der Waals surface area (Å²) in [6, 6.07) is 7.54. The first-order valence-corrected chi connectivity index (χ1v) is 8.04. The molecule has 2 N–H and O–H groups in total. The second kappa shape index (κ2) is 7.28. The fraction of sp³-hybridized carbons (Fsp3) is 0.294. The van der Waals surface area contributed by atoms with E-state index in [2.05, 4.69) is 10.9 Å². The van der Waals surface area contributed by atoms with Crippen molar-refractivity contribution in [2.75, 3.05) is 6.61 Å². The molecular formula is C17H20N2O3S. The van der Waals surface area contributed by atoms with Gasteiger partial charge in [-0.05, 0) is 62.6 Å². The monoisotopic (exact) mass is 332 g/mol. The summed E-state index contributed by atoms with van der Waals surface area (Å²) in [6.45, 7) is 7.66. The van der Waals surface area contributed by atoms with Crippen LogP contribution in [0.1, 0.15) is 31.2 Å². The number of hydrazine groups is 1. The van der Waals surface area contributed by atoms with Crippen LogP contribution in [-0.4, -0.2) is 18.4 Å². The van der Waals surface area contributed by atoms with Gasteiger partial charge in [-0.2, -0.15) is 0 Å². The molecule has 0 aliphatic carbocycles. The van der Waals surface area contributed by atoms with Crippen LogP contribution in [0, 0.1) is 27.7 Å². The summed E-state index contributed by atoms with van der Waals surface area (Å²) in [6.07, 6.45) is 0. The van der Waals surface area contributed by atoms with E-state index in [0.29, 0.717) is 10.6 Å². The molecule has 2 aromatic rings. The highest BCUT2D eigenvalue weighted by Crippen LogP contribution is 2.20. The average molecular weight is 332 g/mol. The Hall–Kier alpha value is -2.34. The molecule has 1 aromatic carbocycles. The minimum absolute atomic E-state index is 0.161. The zero-order valence-electron chi connectivity index (χ0n) is 13.6. The number of carbonyl (C=O) groups is 2. The molecule has 2 amide bonds. The van der Waals surface area contributed by atoms with Crippen LogP contribution in [0.3, 0.4) is 0 Å². The van der Waals surface area contributed by atoms with Gasteiger partial charge in [0.2, 0.25) is 0 Å². The molecule has 5 nitrogen and oxygen atoms in total. The van der Waals surface area contributed by atoms with Gasteiger partial charge in [-0.3, -0.25) is 20.4 Å². The molecule has 0 atom stereocenters. The summed E-state index contributed by atoms with van der Waals surface area (Å²) in [4.78, 5) is 25.3. The number of hydrogen-bond donors (Lipinski definition) is 2. The molecule has 0 aliphatic rings. The Morgan fingerprint density at radius 3 is 2.22 bits per heavy atom. The molecule has 2 rings (SSSR count). The Morgan fingerprint density at radius 2 is 1.65 bits per heavy atom. The normalized spacial score (nSPS) is 10.3. The largest absolute Gasteiger partial charge is 0.484 e. The zero-order valence-corrected chi connectivity index (χ0v) is 14.5. The van der Waals surface area contributed by atoms with Crippen LogP contribution >= 0.6 is 11.3 Å². The van der Waals surface area contributed by atoms with E-state index in [9.17, 15) is 9.59 Å². The van der Waals surface area contributed by atoms with Gasteiger partial charge in [-0.25, -0.2) is 0 Å². The van der Waals surface area contributed by atoms with Crippen molar-refractivity contribution in [3.8, 4) is 5.75 Å². The lowest BCUT2D eigenvalue weighted by atomic mass is 10.1. The van der Waals surface area contributed by atoms with Gasteiger partial charge < -0.3 is 4.74 Å². The Balaban J connectivity index is 1.82. The Kier molecular flexibility index (Phi) is 5.39. The summed E-state index contributed by atoms with van der Waals surface area (Å²) in [5.41, 5.74) is 7.94. The number of rotatable bonds is 4. The maximum absolute atomic E-state index is 11.9. The lowest BCUT2D eigenvalue weighted by molar-refractivity contribution is -0.123. The van der Waals surface area contributed by atoms with Gasteiger partial charge in [0.05, 0.1) is 4.88 Å². The summed E-state index contributed by atoms with van der Waals surface area (Å²) < 4.78 is 5.43. The second-order valence-corrected chi connectivity index (χ2v) is 6.72. The first-order valence-electron chi connectivity index (χ1n) is 7.22. The molecular weight excluding hydrogens is 312 g/mol. The molecule has 0 unspecified atom stereocenters. The summed E-state index contributed by atoms with van der Waals surface area (Å²) in [7, 11) is 0. The van der Waals surface area contributed by atoms with Gasteiger partial charge in [-0.1, -0.05) is 6.07 Å². The SMILES string of the molecule is Cc1cc(C)cc(OCC(=O)NNC(=O)c2cc(C)c(C)s2)c1. The van der Waals surface area contributed by atoms with Crippen LogP contribution in [0.25, 0.3) is 0 Å². The van der Waals surface area contributed by atoms with Crippen LogP contribution < -0.4 is 15.6 Å². The van der Waals surface area contributed by atoms with E-state index < -0.39 is 5.91 Å². The van der Waals surface area contributed by atoms with E-state index in [-0.39, 0.29) is 12.5 Å². The number of amides is 2. The maximum Gasteiger partial charge on any atom is 0.279 e. The molecule has 1 heterocycles. The predicted octanol–water partition coefficient (Wildman–Crippen LogP) is 2.82. The third kappa shape index (κ3) is 4.82. The van der Waals surface area contributed by atoms with Gasteiger partial charge in [0, 0.05) is 4.88 Å². The molecule has 0 radical (unpaired) electrons. The quantitative estimate of drug-likeness (QED) is 0.846. The fourth-order valence-electron chi connectivity index (χ4n) is 2.07. The molecule has 0 saturated heterocycles. The average Bonchev–Trinajstić information content (AvgIpc) is 2.81. The first kappa shape index (κ1) is 17.0. The minimum Gasteiger partial charge on any atom is -0.484 e. The third-order valence-corrected chi connectivity index (χ3v) is 4.42. The first-order chi connectivity index (χ1) is 10.8. The lowest BCUT2D eigenvalue weighted by Crippen LogP contribution is -2.43. The van der Waals surface area contributed by atoms with Crippen molar-refractivity contribution in [1.29, 1.82) is 0 Å². The summed E-state index contributed by atoms with van der Waals surface area (Å²) >= 11 is 1.39. The van der Waals surface area contributed by atoms with Gasteiger partial charge in [0.25, 0.3) is 11.8 Å². The molecule has 6 heteroatoms. The predicted molar refractivity (Wildman–Crippen MR) is 90.8 cm³/mol. The number of nitrogens with one attached hydrogen (secondary N) is 2. The fourth-order valence-corrected chi connectivity index (χ4v) is 3.00. The van der Waals surface area contributed by atoms with Crippen molar-refractivity contribution in [3.05, 3.63) is 50.7 Å². The van der Waals surface area contributed by atoms with Gasteiger partial charge in [0.1, 0.15) is 5.75 Å². The van der Waals surface area contributed by atoms with E-state index in [1.165, 1.54) is 11.3 Å². The topological polar surface area (TPSA) is 67.4 Å². The highest BCUT2D eigenvalue weighted by atomic mass is 32.1. The molecule has 0 fully saturated rings. The number of ether oxygens (including phenoxy) is 1. The summed E-state index contributed by atoms with van der Waals surface area (Å²) in [5, 5.41) is 0. The summed E-state index contributed by atoms with van der Waals surface area (Å²) in [5.74, 6) is -0.109. The number of hydrogen-bond acceptors (Lipinski definition) is 4. The van der Waals surface area contributed by atoms with E-state index in [1.54, 1.807) is 6.07 Å². The van der Waals surface area contributed by atoms with E-state index in [4.69, 9.17) is 4.74 Å². The third-order valence-electron chi connectivity index (χ3n) is 3.27. The molecule has 0 bridgehead atoms. The van der Waals surface area contributed by atoms with Crippen molar-refractivity contribution >= 4 is 23.2 Å². The Morgan fingerprint density at radius 1 is 1.00 bits per heavy atom. The highest BCUT2D eigenvalue weighted by Gasteiger charge is 2.11. The van der Waals surface area contributed by atoms with Crippen LogP contribution in [0.4, 0.5) is 0 Å². The highest BCUT2D eigenvalue weighted by molar-refractivity contribution is 7.14. The molecule has 23 heavy (non-hydrogen) atoms. The van der Waals surface area contributed by atoms with Gasteiger partial charge >= 0.3 is 0 Å². The Bertz CT molecular complexity index is 698. The number of carbonyl (C=O) groups excluding carboxylic acids is 2. The molecule has 0 aliphatic heterocycles. The second-order valence-electron chi connectivity index (χ2n) is 5.46. The molecule has 0 saturated carbocycles. The molecule has 1 aromatic heterocycles. The molecule has 0 spiro atoms.